The van der Waals surface area contributed by atoms with E-state index in [9.17, 15) is 4.79 Å². The molecule has 7 heteroatoms. The van der Waals surface area contributed by atoms with Crippen LogP contribution in [0.2, 0.25) is 5.02 Å². The topological polar surface area (TPSA) is 59.8 Å². The quantitative estimate of drug-likeness (QED) is 0.941. The summed E-state index contributed by atoms with van der Waals surface area (Å²) in [6, 6.07) is 3.52. The van der Waals surface area contributed by atoms with Crippen molar-refractivity contribution in [3.8, 4) is 0 Å². The number of carbonyl (C=O) groups excluding carboxylic acids is 1. The molecule has 2 aromatic rings. The lowest BCUT2D eigenvalue weighted by Crippen LogP contribution is -2.20. The van der Waals surface area contributed by atoms with Crippen LogP contribution in [0.1, 0.15) is 5.69 Å². The number of aromatic nitrogens is 3. The van der Waals surface area contributed by atoms with Gasteiger partial charge in [-0.25, -0.2) is 4.98 Å². The fourth-order valence-electron chi connectivity index (χ4n) is 1.35. The predicted octanol–water partition coefficient (Wildman–Crippen LogP) is 2.64. The molecule has 94 valence electrons. The third-order valence-corrected chi connectivity index (χ3v) is 3.17. The Kier molecular flexibility index (Phi) is 3.98. The average molecular weight is 330 g/mol. The highest BCUT2D eigenvalue weighted by atomic mass is 79.9. The third kappa shape index (κ3) is 3.08. The van der Waals surface area contributed by atoms with Gasteiger partial charge in [0.15, 0.2) is 0 Å². The van der Waals surface area contributed by atoms with Gasteiger partial charge in [0.2, 0.25) is 5.91 Å². The van der Waals surface area contributed by atoms with Crippen molar-refractivity contribution in [3.05, 3.63) is 39.7 Å². The van der Waals surface area contributed by atoms with E-state index < -0.39 is 0 Å². The van der Waals surface area contributed by atoms with E-state index in [2.05, 4.69) is 31.3 Å². The van der Waals surface area contributed by atoms with Crippen LogP contribution in [-0.4, -0.2) is 20.7 Å². The van der Waals surface area contributed by atoms with E-state index in [1.54, 1.807) is 25.3 Å². The molecule has 0 aromatic carbocycles. The molecule has 0 aliphatic heterocycles. The number of pyridine rings is 1. The highest BCUT2D eigenvalue weighted by Crippen LogP contribution is 2.13. The molecule has 1 amide bonds. The van der Waals surface area contributed by atoms with Crippen LogP contribution in [0.5, 0.6) is 0 Å². The molecule has 0 fully saturated rings. The number of nitrogens with one attached hydrogen (secondary N) is 1. The lowest BCUT2D eigenvalue weighted by atomic mass is 10.4. The molecule has 5 nitrogen and oxygen atoms in total. The Labute approximate surface area is 117 Å². The van der Waals surface area contributed by atoms with E-state index in [4.69, 9.17) is 11.6 Å². The van der Waals surface area contributed by atoms with E-state index in [1.807, 2.05) is 0 Å². The van der Waals surface area contributed by atoms with E-state index in [-0.39, 0.29) is 12.5 Å². The fraction of sp³-hybridized carbons (Fsp3) is 0.182. The molecule has 0 spiro atoms. The lowest BCUT2D eigenvalue weighted by molar-refractivity contribution is -0.117. The van der Waals surface area contributed by atoms with Crippen molar-refractivity contribution < 1.29 is 4.79 Å². The number of anilines is 1. The van der Waals surface area contributed by atoms with Gasteiger partial charge in [0.1, 0.15) is 12.4 Å². The fourth-order valence-corrected chi connectivity index (χ4v) is 1.73. The maximum atomic E-state index is 11.8. The summed E-state index contributed by atoms with van der Waals surface area (Å²) in [7, 11) is 0. The summed E-state index contributed by atoms with van der Waals surface area (Å²) in [4.78, 5) is 15.8. The van der Waals surface area contributed by atoms with Gasteiger partial charge in [-0.3, -0.25) is 9.48 Å². The second kappa shape index (κ2) is 5.49. The van der Waals surface area contributed by atoms with Crippen LogP contribution < -0.4 is 5.32 Å². The molecular weight excluding hydrogens is 320 g/mol. The van der Waals surface area contributed by atoms with Crippen molar-refractivity contribution in [1.82, 2.24) is 14.8 Å². The molecule has 0 saturated heterocycles. The number of hydrogen-bond donors (Lipinski definition) is 1. The molecular formula is C11H10BrClN4O. The molecule has 0 aliphatic carbocycles. The van der Waals surface area contributed by atoms with Gasteiger partial charge >= 0.3 is 0 Å². The van der Waals surface area contributed by atoms with Gasteiger partial charge in [-0.1, -0.05) is 11.6 Å². The minimum atomic E-state index is -0.201. The van der Waals surface area contributed by atoms with Crippen molar-refractivity contribution in [2.45, 2.75) is 13.5 Å². The van der Waals surface area contributed by atoms with Crippen molar-refractivity contribution in [2.75, 3.05) is 5.32 Å². The molecule has 0 atom stereocenters. The Balaban J connectivity index is 2.01. The van der Waals surface area contributed by atoms with E-state index in [0.717, 1.165) is 10.2 Å². The van der Waals surface area contributed by atoms with E-state index in [1.165, 1.54) is 10.9 Å². The highest BCUT2D eigenvalue weighted by molar-refractivity contribution is 9.10. The van der Waals surface area contributed by atoms with Crippen molar-refractivity contribution >= 4 is 39.3 Å². The number of hydrogen-bond acceptors (Lipinski definition) is 3. The zero-order valence-electron chi connectivity index (χ0n) is 9.52. The second-order valence-electron chi connectivity index (χ2n) is 3.65. The Bertz CT molecular complexity index is 567. The summed E-state index contributed by atoms with van der Waals surface area (Å²) in [5, 5.41) is 7.23. The van der Waals surface area contributed by atoms with Crippen LogP contribution in [0, 0.1) is 6.92 Å². The van der Waals surface area contributed by atoms with Crippen LogP contribution in [0.4, 0.5) is 5.82 Å². The second-order valence-corrected chi connectivity index (χ2v) is 4.97. The molecule has 0 bridgehead atoms. The molecule has 2 rings (SSSR count). The lowest BCUT2D eigenvalue weighted by Gasteiger charge is -2.06. The minimum absolute atomic E-state index is 0.107. The molecule has 0 aliphatic rings. The van der Waals surface area contributed by atoms with E-state index in [0.29, 0.717) is 10.8 Å². The maximum absolute atomic E-state index is 11.8. The largest absolute Gasteiger partial charge is 0.309 e. The summed E-state index contributed by atoms with van der Waals surface area (Å²) in [6.07, 6.45) is 3.13. The first-order valence-corrected chi connectivity index (χ1v) is 6.32. The molecule has 0 unspecified atom stereocenters. The number of rotatable bonds is 3. The van der Waals surface area contributed by atoms with Crippen LogP contribution in [0.3, 0.4) is 0 Å². The van der Waals surface area contributed by atoms with Gasteiger partial charge in [0.25, 0.3) is 0 Å². The Morgan fingerprint density at radius 1 is 1.50 bits per heavy atom. The molecule has 1 N–H and O–H groups in total. The molecule has 0 radical (unpaired) electrons. The molecule has 18 heavy (non-hydrogen) atoms. The zero-order chi connectivity index (χ0) is 13.1. The summed E-state index contributed by atoms with van der Waals surface area (Å²) < 4.78 is 2.39. The Morgan fingerprint density at radius 3 is 2.83 bits per heavy atom. The van der Waals surface area contributed by atoms with Crippen LogP contribution >= 0.6 is 27.5 Å². The van der Waals surface area contributed by atoms with E-state index >= 15 is 0 Å². The normalized spacial score (nSPS) is 10.4. The van der Waals surface area contributed by atoms with Gasteiger partial charge in [0.05, 0.1) is 16.9 Å². The van der Waals surface area contributed by atoms with Crippen LogP contribution in [-0.2, 0) is 11.3 Å². The van der Waals surface area contributed by atoms with Gasteiger partial charge in [-0.05, 0) is 35.0 Å². The monoisotopic (exact) mass is 328 g/mol. The Morgan fingerprint density at radius 2 is 2.28 bits per heavy atom. The number of amides is 1. The molecule has 0 saturated carbocycles. The first-order valence-electron chi connectivity index (χ1n) is 5.15. The average Bonchev–Trinajstić information content (AvgIpc) is 2.64. The SMILES string of the molecule is Cc1c(Cl)cnn1CC(=O)Nc1ccc(Br)cn1. The summed E-state index contributed by atoms with van der Waals surface area (Å²) in [5.41, 5.74) is 0.760. The molecule has 2 aromatic heterocycles. The van der Waals surface area contributed by atoms with Gasteiger partial charge in [-0.2, -0.15) is 5.10 Å². The summed E-state index contributed by atoms with van der Waals surface area (Å²) in [5.74, 6) is 0.298. The minimum Gasteiger partial charge on any atom is -0.309 e. The summed E-state index contributed by atoms with van der Waals surface area (Å²) >= 11 is 9.13. The first kappa shape index (κ1) is 13.0. The zero-order valence-corrected chi connectivity index (χ0v) is 11.9. The number of halogens is 2. The standard InChI is InChI=1S/C11H10BrClN4O/c1-7-9(13)5-15-17(7)6-11(18)16-10-3-2-8(12)4-14-10/h2-5H,6H2,1H3,(H,14,16,18). The Hall–Kier alpha value is -1.40. The third-order valence-electron chi connectivity index (χ3n) is 2.33. The van der Waals surface area contributed by atoms with Gasteiger partial charge in [0, 0.05) is 10.7 Å². The smallest absolute Gasteiger partial charge is 0.247 e. The maximum Gasteiger partial charge on any atom is 0.247 e. The number of carbonyl (C=O) groups is 1. The van der Waals surface area contributed by atoms with Crippen molar-refractivity contribution in [1.29, 1.82) is 0 Å². The predicted molar refractivity (Wildman–Crippen MR) is 72.5 cm³/mol. The summed E-state index contributed by atoms with van der Waals surface area (Å²) in [6.45, 7) is 1.91. The number of nitrogens with zero attached hydrogens (tertiary/aromatic N) is 3. The van der Waals surface area contributed by atoms with Crippen LogP contribution in [0.25, 0.3) is 0 Å². The van der Waals surface area contributed by atoms with Gasteiger partial charge < -0.3 is 5.32 Å². The molecule has 2 heterocycles. The van der Waals surface area contributed by atoms with Crippen molar-refractivity contribution in [3.63, 3.8) is 0 Å². The van der Waals surface area contributed by atoms with Crippen LogP contribution in [0.15, 0.2) is 29.0 Å². The van der Waals surface area contributed by atoms with Crippen molar-refractivity contribution in [2.24, 2.45) is 0 Å². The first-order chi connectivity index (χ1) is 8.56. The highest BCUT2D eigenvalue weighted by Gasteiger charge is 2.09. The van der Waals surface area contributed by atoms with Gasteiger partial charge in [-0.15, -0.1) is 0 Å².